The second-order valence-corrected chi connectivity index (χ2v) is 14.8. The molecule has 276 valence electrons. The molecular weight excluding hydrogens is 832 g/mol. The van der Waals surface area contributed by atoms with Gasteiger partial charge in [0.05, 0.1) is 47.4 Å². The van der Waals surface area contributed by atoms with Gasteiger partial charge < -0.3 is 24.5 Å². The summed E-state index contributed by atoms with van der Waals surface area (Å²) in [6, 6.07) is 45.6. The van der Waals surface area contributed by atoms with Crippen molar-refractivity contribution in [1.29, 1.82) is 0 Å². The van der Waals surface area contributed by atoms with Crippen LogP contribution in [0.15, 0.2) is 142 Å². The topological polar surface area (TPSA) is 113 Å². The van der Waals surface area contributed by atoms with E-state index in [0.29, 0.717) is 0 Å². The molecule has 0 aliphatic heterocycles. The van der Waals surface area contributed by atoms with Gasteiger partial charge in [0.2, 0.25) is 0 Å². The van der Waals surface area contributed by atoms with Gasteiger partial charge in [-0.3, -0.25) is 4.79 Å². The number of fused-ring (bicyclic) bond motifs is 12. The molecule has 0 spiro atoms. The van der Waals surface area contributed by atoms with Crippen LogP contribution in [0.5, 0.6) is 11.5 Å². The normalized spacial score (nSPS) is 11.1. The first-order valence-corrected chi connectivity index (χ1v) is 19.3. The smallest absolute Gasteiger partial charge is 0.300 e. The zero-order valence-corrected chi connectivity index (χ0v) is 33.7. The molecule has 0 saturated carbocycles. The Morgan fingerprint density at radius 1 is 0.518 bits per heavy atom. The van der Waals surface area contributed by atoms with E-state index >= 15 is 0 Å². The van der Waals surface area contributed by atoms with E-state index in [0.717, 1.165) is 83.0 Å². The van der Waals surface area contributed by atoms with Crippen LogP contribution in [0.3, 0.4) is 0 Å². The van der Waals surface area contributed by atoms with Crippen LogP contribution in [0, 0.1) is 0 Å². The average molecular weight is 867 g/mol. The summed E-state index contributed by atoms with van der Waals surface area (Å²) >= 11 is 7.10. The number of hydrogen-bond donors (Lipinski definition) is 3. The molecule has 0 aliphatic rings. The number of nitrogens with one attached hydrogen (secondary N) is 2. The number of ether oxygens (including phenoxy) is 2. The number of hydrogen-bond acceptors (Lipinski definition) is 5. The number of aromatic nitrogens is 4. The SMILES string of the molecule is CC(=O)O.COc1ccc(Br)cc1-c1nc2c3ccccc3c3ccccc3c2[nH]1.COc1ccc(Br)cc1-c1nc2c3ccccc3c3ccccc3c2[nH]1. The fourth-order valence-corrected chi connectivity index (χ4v) is 7.95. The average Bonchev–Trinajstić information content (AvgIpc) is 3.88. The van der Waals surface area contributed by atoms with Gasteiger partial charge >= 0.3 is 0 Å². The predicted octanol–water partition coefficient (Wildman–Crippen LogP) is 12.7. The number of carboxylic acids is 1. The van der Waals surface area contributed by atoms with Crippen LogP contribution < -0.4 is 9.47 Å². The van der Waals surface area contributed by atoms with Crippen molar-refractivity contribution in [2.45, 2.75) is 6.92 Å². The fraction of sp³-hybridized carbons (Fsp3) is 0.0652. The molecule has 0 unspecified atom stereocenters. The third-order valence-corrected chi connectivity index (χ3v) is 10.6. The highest BCUT2D eigenvalue weighted by Crippen LogP contribution is 2.39. The molecule has 8 nitrogen and oxygen atoms in total. The summed E-state index contributed by atoms with van der Waals surface area (Å²) in [4.78, 5) is 26.0. The molecule has 10 aromatic rings. The maximum Gasteiger partial charge on any atom is 0.300 e. The van der Waals surface area contributed by atoms with E-state index in [4.69, 9.17) is 29.3 Å². The van der Waals surface area contributed by atoms with Gasteiger partial charge in [0, 0.05) is 37.4 Å². The standard InChI is InChI=1S/2C22H15BrN2O.C2H4O2/c2*1-26-19-11-10-13(23)12-18(19)22-24-20-16-8-4-2-6-14(16)15-7-3-5-9-17(15)21(20)25-22;1-2(3)4/h2*2-12H,1H3,(H,24,25);1H3,(H,3,4). The molecular formula is C46H34Br2N4O4. The minimum atomic E-state index is -0.833. The van der Waals surface area contributed by atoms with Crippen molar-refractivity contribution in [2.75, 3.05) is 14.2 Å². The summed E-state index contributed by atoms with van der Waals surface area (Å²) in [6.07, 6.45) is 0. The maximum absolute atomic E-state index is 9.00. The Kier molecular flexibility index (Phi) is 10.2. The van der Waals surface area contributed by atoms with Crippen molar-refractivity contribution in [2.24, 2.45) is 0 Å². The highest BCUT2D eigenvalue weighted by molar-refractivity contribution is 9.10. The van der Waals surface area contributed by atoms with Gasteiger partial charge in [-0.1, -0.05) is 129 Å². The van der Waals surface area contributed by atoms with Gasteiger partial charge in [0.15, 0.2) is 0 Å². The lowest BCUT2D eigenvalue weighted by molar-refractivity contribution is -0.134. The Labute approximate surface area is 338 Å². The Bertz CT molecular complexity index is 2750. The second kappa shape index (κ2) is 15.5. The lowest BCUT2D eigenvalue weighted by atomic mass is 10.0. The zero-order valence-electron chi connectivity index (χ0n) is 30.5. The summed E-state index contributed by atoms with van der Waals surface area (Å²) in [5, 5.41) is 17.0. The van der Waals surface area contributed by atoms with Crippen LogP contribution in [0.4, 0.5) is 0 Å². The molecule has 8 aromatic carbocycles. The molecule has 0 aliphatic carbocycles. The van der Waals surface area contributed by atoms with Crippen LogP contribution in [0.25, 0.3) is 87.9 Å². The van der Waals surface area contributed by atoms with E-state index < -0.39 is 5.97 Å². The maximum atomic E-state index is 9.00. The summed E-state index contributed by atoms with van der Waals surface area (Å²) < 4.78 is 13.1. The summed E-state index contributed by atoms with van der Waals surface area (Å²) in [5.41, 5.74) is 5.94. The largest absolute Gasteiger partial charge is 0.496 e. The molecule has 10 heteroatoms. The Morgan fingerprint density at radius 2 is 0.821 bits per heavy atom. The van der Waals surface area contributed by atoms with Gasteiger partial charge in [0.25, 0.3) is 5.97 Å². The number of H-pyrrole nitrogens is 2. The molecule has 0 bridgehead atoms. The lowest BCUT2D eigenvalue weighted by Gasteiger charge is -2.06. The number of rotatable bonds is 4. The molecule has 0 atom stereocenters. The van der Waals surface area contributed by atoms with Crippen LogP contribution in [0.2, 0.25) is 0 Å². The van der Waals surface area contributed by atoms with E-state index in [1.54, 1.807) is 14.2 Å². The third-order valence-electron chi connectivity index (χ3n) is 9.58. The molecule has 0 fully saturated rings. The third kappa shape index (κ3) is 6.82. The van der Waals surface area contributed by atoms with Crippen LogP contribution in [-0.2, 0) is 4.79 Å². The first-order chi connectivity index (χ1) is 27.2. The van der Waals surface area contributed by atoms with E-state index in [9.17, 15) is 0 Å². The number of nitrogens with zero attached hydrogens (tertiary/aromatic N) is 2. The minimum Gasteiger partial charge on any atom is -0.496 e. The van der Waals surface area contributed by atoms with Gasteiger partial charge in [0.1, 0.15) is 23.1 Å². The number of aromatic amines is 2. The molecule has 10 rings (SSSR count). The monoisotopic (exact) mass is 864 g/mol. The number of methoxy groups -OCH3 is 2. The highest BCUT2D eigenvalue weighted by atomic mass is 79.9. The van der Waals surface area contributed by atoms with Crippen molar-refractivity contribution < 1.29 is 19.4 Å². The number of benzene rings is 8. The number of carbonyl (C=O) groups is 1. The number of imidazole rings is 2. The summed E-state index contributed by atoms with van der Waals surface area (Å²) in [7, 11) is 3.36. The molecule has 2 aromatic heterocycles. The Balaban J connectivity index is 0.000000144. The quantitative estimate of drug-likeness (QED) is 0.152. The molecule has 3 N–H and O–H groups in total. The van der Waals surface area contributed by atoms with Gasteiger partial charge in [-0.05, 0) is 57.9 Å². The Morgan fingerprint density at radius 3 is 1.16 bits per heavy atom. The van der Waals surface area contributed by atoms with Crippen LogP contribution >= 0.6 is 31.9 Å². The van der Waals surface area contributed by atoms with Crippen LogP contribution in [-0.4, -0.2) is 45.2 Å². The van der Waals surface area contributed by atoms with Crippen LogP contribution in [0.1, 0.15) is 6.92 Å². The molecule has 0 radical (unpaired) electrons. The number of halogens is 2. The molecule has 56 heavy (non-hydrogen) atoms. The summed E-state index contributed by atoms with van der Waals surface area (Å²) in [5.74, 6) is 2.36. The first kappa shape index (κ1) is 36.7. The summed E-state index contributed by atoms with van der Waals surface area (Å²) in [6.45, 7) is 1.08. The molecule has 0 saturated heterocycles. The molecule has 0 amide bonds. The van der Waals surface area contributed by atoms with E-state index in [2.05, 4.69) is 139 Å². The first-order valence-electron chi connectivity index (χ1n) is 17.7. The van der Waals surface area contributed by atoms with E-state index in [1.165, 1.54) is 32.3 Å². The second-order valence-electron chi connectivity index (χ2n) is 13.0. The van der Waals surface area contributed by atoms with Gasteiger partial charge in [-0.15, -0.1) is 0 Å². The van der Waals surface area contributed by atoms with E-state index in [-0.39, 0.29) is 0 Å². The lowest BCUT2D eigenvalue weighted by Crippen LogP contribution is -1.89. The van der Waals surface area contributed by atoms with Crippen molar-refractivity contribution in [3.8, 4) is 34.3 Å². The number of carboxylic acid groups (broad SMARTS) is 1. The van der Waals surface area contributed by atoms with Crippen molar-refractivity contribution in [3.63, 3.8) is 0 Å². The minimum absolute atomic E-state index is 0.792. The van der Waals surface area contributed by atoms with Crippen molar-refractivity contribution >= 4 is 103 Å². The van der Waals surface area contributed by atoms with Crippen molar-refractivity contribution in [3.05, 3.63) is 142 Å². The van der Waals surface area contributed by atoms with Crippen molar-refractivity contribution in [1.82, 2.24) is 19.9 Å². The van der Waals surface area contributed by atoms with E-state index in [1.807, 2.05) is 36.4 Å². The predicted molar refractivity (Wildman–Crippen MR) is 235 cm³/mol. The van der Waals surface area contributed by atoms with Gasteiger partial charge in [-0.25, -0.2) is 9.97 Å². The highest BCUT2D eigenvalue weighted by Gasteiger charge is 2.18. The Hall–Kier alpha value is -6.23. The fourth-order valence-electron chi connectivity index (χ4n) is 7.23. The number of aliphatic carboxylic acids is 1. The van der Waals surface area contributed by atoms with Gasteiger partial charge in [-0.2, -0.15) is 0 Å². The zero-order chi connectivity index (χ0) is 38.9. The molecule has 2 heterocycles.